The van der Waals surface area contributed by atoms with Gasteiger partial charge in [-0.15, -0.1) is 0 Å². The Labute approximate surface area is 165 Å². The van der Waals surface area contributed by atoms with Crippen LogP contribution >= 0.6 is 0 Å². The quantitative estimate of drug-likeness (QED) is 0.846. The Kier molecular flexibility index (Phi) is 5.09. The highest BCUT2D eigenvalue weighted by molar-refractivity contribution is 7.89. The van der Waals surface area contributed by atoms with E-state index in [1.807, 2.05) is 6.07 Å². The zero-order valence-electron chi connectivity index (χ0n) is 15.7. The van der Waals surface area contributed by atoms with E-state index < -0.39 is 10.0 Å². The Morgan fingerprint density at radius 3 is 2.61 bits per heavy atom. The van der Waals surface area contributed by atoms with Gasteiger partial charge < -0.3 is 10.1 Å². The molecule has 2 aliphatic heterocycles. The third-order valence-corrected chi connectivity index (χ3v) is 6.94. The van der Waals surface area contributed by atoms with Crippen LogP contribution in [-0.4, -0.2) is 56.3 Å². The van der Waals surface area contributed by atoms with Gasteiger partial charge in [0.05, 0.1) is 10.6 Å². The molecule has 2 aliphatic rings. The van der Waals surface area contributed by atoms with Gasteiger partial charge in [0.25, 0.3) is 5.91 Å². The van der Waals surface area contributed by atoms with E-state index in [0.717, 1.165) is 6.54 Å². The zero-order valence-corrected chi connectivity index (χ0v) is 16.5. The number of nitrogens with zero attached hydrogens (tertiary/aromatic N) is 2. The number of hydrogen-bond donors (Lipinski definition) is 1. The number of nitrogens with one attached hydrogen (secondary N) is 1. The molecule has 7 nitrogen and oxygen atoms in total. The first-order chi connectivity index (χ1) is 13.4. The first-order valence-electron chi connectivity index (χ1n) is 9.26. The number of piperazine rings is 1. The lowest BCUT2D eigenvalue weighted by Crippen LogP contribution is -2.48. The van der Waals surface area contributed by atoms with Crippen LogP contribution in [0.1, 0.15) is 11.1 Å². The van der Waals surface area contributed by atoms with Gasteiger partial charge in [-0.2, -0.15) is 4.31 Å². The van der Waals surface area contributed by atoms with Crippen molar-refractivity contribution in [3.63, 3.8) is 0 Å². The Bertz CT molecular complexity index is 998. The maximum Gasteiger partial charge on any atom is 0.262 e. The number of hydrogen-bond acceptors (Lipinski definition) is 5. The number of sulfonamides is 1. The predicted molar refractivity (Wildman–Crippen MR) is 106 cm³/mol. The monoisotopic (exact) mass is 401 g/mol. The third kappa shape index (κ3) is 3.89. The highest BCUT2D eigenvalue weighted by atomic mass is 32.2. The molecule has 148 valence electrons. The van der Waals surface area contributed by atoms with Gasteiger partial charge in [-0.25, -0.2) is 8.42 Å². The lowest BCUT2D eigenvalue weighted by molar-refractivity contribution is -0.118. The van der Waals surface area contributed by atoms with E-state index >= 15 is 0 Å². The summed E-state index contributed by atoms with van der Waals surface area (Å²) < 4.78 is 32.8. The number of anilines is 1. The van der Waals surface area contributed by atoms with Gasteiger partial charge in [-0.3, -0.25) is 9.69 Å². The summed E-state index contributed by atoms with van der Waals surface area (Å²) >= 11 is 0. The van der Waals surface area contributed by atoms with Crippen LogP contribution in [0.4, 0.5) is 5.69 Å². The molecule has 1 saturated heterocycles. The van der Waals surface area contributed by atoms with Crippen molar-refractivity contribution in [2.75, 3.05) is 38.1 Å². The second kappa shape index (κ2) is 7.54. The van der Waals surface area contributed by atoms with Crippen LogP contribution in [0.5, 0.6) is 5.75 Å². The molecule has 0 aromatic heterocycles. The van der Waals surface area contributed by atoms with E-state index in [1.54, 1.807) is 6.07 Å². The molecule has 2 aromatic carbocycles. The van der Waals surface area contributed by atoms with Crippen molar-refractivity contribution in [3.05, 3.63) is 53.6 Å². The Hall–Kier alpha value is -2.42. The first-order valence-corrected chi connectivity index (χ1v) is 10.7. The average molecular weight is 401 g/mol. The number of carbonyl (C=O) groups excluding carboxylic acids is 1. The highest BCUT2D eigenvalue weighted by Crippen LogP contribution is 2.31. The van der Waals surface area contributed by atoms with E-state index in [2.05, 4.69) is 35.3 Å². The minimum atomic E-state index is -3.62. The van der Waals surface area contributed by atoms with Crippen LogP contribution in [0.15, 0.2) is 47.4 Å². The van der Waals surface area contributed by atoms with E-state index in [1.165, 1.54) is 27.6 Å². The summed E-state index contributed by atoms with van der Waals surface area (Å²) in [6, 6.07) is 13.0. The fourth-order valence-electron chi connectivity index (χ4n) is 3.57. The Balaban J connectivity index is 1.44. The second-order valence-corrected chi connectivity index (χ2v) is 9.10. The normalized spacial score (nSPS) is 18.2. The molecule has 4 rings (SSSR count). The molecule has 0 bridgehead atoms. The summed E-state index contributed by atoms with van der Waals surface area (Å²) in [5, 5.41) is 2.66. The summed E-state index contributed by atoms with van der Waals surface area (Å²) in [4.78, 5) is 13.9. The Morgan fingerprint density at radius 2 is 1.86 bits per heavy atom. The largest absolute Gasteiger partial charge is 0.482 e. The molecule has 28 heavy (non-hydrogen) atoms. The van der Waals surface area contributed by atoms with Crippen LogP contribution in [0, 0.1) is 6.92 Å². The smallest absolute Gasteiger partial charge is 0.262 e. The van der Waals surface area contributed by atoms with Crippen molar-refractivity contribution in [3.8, 4) is 5.75 Å². The molecule has 0 saturated carbocycles. The molecule has 2 heterocycles. The van der Waals surface area contributed by atoms with E-state index in [9.17, 15) is 13.2 Å². The van der Waals surface area contributed by atoms with Crippen molar-refractivity contribution < 1.29 is 17.9 Å². The molecule has 8 heteroatoms. The van der Waals surface area contributed by atoms with Crippen LogP contribution in [0.25, 0.3) is 0 Å². The number of carbonyl (C=O) groups is 1. The van der Waals surface area contributed by atoms with E-state index in [-0.39, 0.29) is 17.4 Å². The average Bonchev–Trinajstić information content (AvgIpc) is 2.68. The topological polar surface area (TPSA) is 79.0 Å². The summed E-state index contributed by atoms with van der Waals surface area (Å²) in [6.45, 7) is 5.07. The number of amides is 1. The van der Waals surface area contributed by atoms with E-state index in [4.69, 9.17) is 4.74 Å². The van der Waals surface area contributed by atoms with Crippen LogP contribution in [0.3, 0.4) is 0 Å². The molecular weight excluding hydrogens is 378 g/mol. The third-order valence-electron chi connectivity index (χ3n) is 5.04. The summed E-state index contributed by atoms with van der Waals surface area (Å²) in [7, 11) is -3.62. The van der Waals surface area contributed by atoms with Gasteiger partial charge in [0.1, 0.15) is 5.75 Å². The number of ether oxygens (including phenoxy) is 1. The minimum absolute atomic E-state index is 0.0536. The summed E-state index contributed by atoms with van der Waals surface area (Å²) in [6.07, 6.45) is 0. The fourth-order valence-corrected chi connectivity index (χ4v) is 5.02. The Morgan fingerprint density at radius 1 is 1.07 bits per heavy atom. The molecule has 1 N–H and O–H groups in total. The number of benzene rings is 2. The standard InChI is InChI=1S/C20H23N3O4S/c1-15-3-2-4-16(11-15)13-22-7-9-23(10-8-22)28(25,26)17-5-6-19-18(12-17)21-20(24)14-27-19/h2-6,11-12H,7-10,13-14H2,1H3,(H,21,24). The molecule has 0 radical (unpaired) electrons. The van der Waals surface area contributed by atoms with Gasteiger partial charge in [0, 0.05) is 32.7 Å². The predicted octanol–water partition coefficient (Wildman–Crippen LogP) is 1.83. The number of rotatable bonds is 4. The molecule has 0 aliphatic carbocycles. The molecule has 0 unspecified atom stereocenters. The second-order valence-electron chi connectivity index (χ2n) is 7.16. The van der Waals surface area contributed by atoms with Crippen molar-refractivity contribution in [2.24, 2.45) is 0 Å². The highest BCUT2D eigenvalue weighted by Gasteiger charge is 2.30. The SMILES string of the molecule is Cc1cccc(CN2CCN(S(=O)(=O)c3ccc4c(c3)NC(=O)CO4)CC2)c1. The molecule has 1 amide bonds. The van der Waals surface area contributed by atoms with Crippen molar-refractivity contribution in [1.82, 2.24) is 9.21 Å². The minimum Gasteiger partial charge on any atom is -0.482 e. The lowest BCUT2D eigenvalue weighted by atomic mass is 10.1. The van der Waals surface area contributed by atoms with Gasteiger partial charge in [-0.05, 0) is 30.7 Å². The van der Waals surface area contributed by atoms with Crippen LogP contribution in [0.2, 0.25) is 0 Å². The van der Waals surface area contributed by atoms with Crippen molar-refractivity contribution >= 4 is 21.6 Å². The van der Waals surface area contributed by atoms with Gasteiger partial charge >= 0.3 is 0 Å². The lowest BCUT2D eigenvalue weighted by Gasteiger charge is -2.34. The number of aryl methyl sites for hydroxylation is 1. The van der Waals surface area contributed by atoms with Crippen LogP contribution in [-0.2, 0) is 21.4 Å². The summed E-state index contributed by atoms with van der Waals surface area (Å²) in [5.74, 6) is 0.202. The van der Waals surface area contributed by atoms with Gasteiger partial charge in [0.2, 0.25) is 10.0 Å². The van der Waals surface area contributed by atoms with E-state index in [0.29, 0.717) is 37.6 Å². The molecule has 1 fully saturated rings. The fraction of sp³-hybridized carbons (Fsp3) is 0.350. The molecule has 0 spiro atoms. The molecule has 0 atom stereocenters. The maximum atomic E-state index is 13.0. The maximum absolute atomic E-state index is 13.0. The molecule has 2 aromatic rings. The zero-order chi connectivity index (χ0) is 19.7. The van der Waals surface area contributed by atoms with Crippen molar-refractivity contribution in [2.45, 2.75) is 18.4 Å². The summed E-state index contributed by atoms with van der Waals surface area (Å²) in [5.41, 5.74) is 2.86. The van der Waals surface area contributed by atoms with Crippen LogP contribution < -0.4 is 10.1 Å². The van der Waals surface area contributed by atoms with Gasteiger partial charge in [0.15, 0.2) is 6.61 Å². The first kappa shape index (κ1) is 18.9. The molecular formula is C20H23N3O4S. The number of fused-ring (bicyclic) bond motifs is 1. The van der Waals surface area contributed by atoms with Gasteiger partial charge in [-0.1, -0.05) is 29.8 Å². The van der Waals surface area contributed by atoms with Crippen molar-refractivity contribution in [1.29, 1.82) is 0 Å².